The molecule has 0 saturated heterocycles. The van der Waals surface area contributed by atoms with Gasteiger partial charge in [-0.2, -0.15) is 0 Å². The quantitative estimate of drug-likeness (QED) is 0.148. The summed E-state index contributed by atoms with van der Waals surface area (Å²) in [6, 6.07) is 37.0. The molecule has 0 spiro atoms. The third-order valence-electron chi connectivity index (χ3n) is 5.78. The van der Waals surface area contributed by atoms with Crippen molar-refractivity contribution in [3.63, 3.8) is 0 Å². The standard InChI is InChI=1S/C18H15N2.C13H8N.Ir/c1-13-12-19-18(20-14(13)2)17-10-6-9-16(11-17)15-7-4-3-5-8-15;1-2-6-12-10(4-1)7-8-11-5-3-9-14-13(11)12;/h3-9,11-12H,1-2H3;1-5,7-9H;/q2*-1;. The van der Waals surface area contributed by atoms with Gasteiger partial charge in [-0.25, -0.2) is 0 Å². The summed E-state index contributed by atoms with van der Waals surface area (Å²) < 4.78 is 0. The minimum Gasteiger partial charge on any atom is -0.304 e. The summed E-state index contributed by atoms with van der Waals surface area (Å²) >= 11 is 0. The van der Waals surface area contributed by atoms with Crippen LogP contribution in [0.25, 0.3) is 44.2 Å². The van der Waals surface area contributed by atoms with Crippen molar-refractivity contribution in [1.29, 1.82) is 0 Å². The van der Waals surface area contributed by atoms with E-state index in [-0.39, 0.29) is 20.1 Å². The van der Waals surface area contributed by atoms with Crippen LogP contribution in [0.4, 0.5) is 0 Å². The van der Waals surface area contributed by atoms with Crippen molar-refractivity contribution in [3.05, 3.63) is 127 Å². The molecule has 4 heteroatoms. The van der Waals surface area contributed by atoms with Gasteiger partial charge in [-0.1, -0.05) is 48.5 Å². The van der Waals surface area contributed by atoms with Crippen LogP contribution in [-0.4, -0.2) is 15.0 Å². The average Bonchev–Trinajstić information content (AvgIpc) is 2.91. The fourth-order valence-electron chi connectivity index (χ4n) is 3.80. The molecular formula is C31H23IrN3-2. The van der Waals surface area contributed by atoms with Crippen molar-refractivity contribution >= 4 is 21.7 Å². The Labute approximate surface area is 219 Å². The smallest absolute Gasteiger partial charge is 0.0751 e. The molecule has 0 aliphatic heterocycles. The molecule has 0 aliphatic rings. The maximum absolute atomic E-state index is 4.54. The van der Waals surface area contributed by atoms with E-state index < -0.39 is 0 Å². The van der Waals surface area contributed by atoms with Crippen LogP contribution in [0.2, 0.25) is 0 Å². The third-order valence-corrected chi connectivity index (χ3v) is 5.78. The number of aryl methyl sites for hydroxylation is 2. The van der Waals surface area contributed by atoms with E-state index in [2.05, 4.69) is 75.6 Å². The summed E-state index contributed by atoms with van der Waals surface area (Å²) in [4.78, 5) is 13.3. The van der Waals surface area contributed by atoms with Gasteiger partial charge >= 0.3 is 0 Å². The zero-order valence-corrected chi connectivity index (χ0v) is 21.9. The summed E-state index contributed by atoms with van der Waals surface area (Å²) in [5.41, 5.74) is 6.41. The van der Waals surface area contributed by atoms with Crippen LogP contribution < -0.4 is 0 Å². The normalized spacial score (nSPS) is 10.3. The van der Waals surface area contributed by atoms with Crippen LogP contribution in [0.3, 0.4) is 0 Å². The van der Waals surface area contributed by atoms with E-state index in [1.54, 1.807) is 0 Å². The van der Waals surface area contributed by atoms with Gasteiger partial charge in [0.25, 0.3) is 0 Å². The Morgan fingerprint density at radius 1 is 0.686 bits per heavy atom. The number of aromatic nitrogens is 3. The zero-order valence-electron chi connectivity index (χ0n) is 19.5. The van der Waals surface area contributed by atoms with Crippen LogP contribution >= 0.6 is 0 Å². The van der Waals surface area contributed by atoms with Crippen molar-refractivity contribution in [3.8, 4) is 22.5 Å². The second kappa shape index (κ2) is 11.1. The van der Waals surface area contributed by atoms with Crippen LogP contribution in [0.5, 0.6) is 0 Å². The molecule has 6 rings (SSSR count). The monoisotopic (exact) mass is 630 g/mol. The van der Waals surface area contributed by atoms with Crippen LogP contribution in [0.15, 0.2) is 103 Å². The molecule has 0 atom stereocenters. The van der Waals surface area contributed by atoms with Crippen LogP contribution in [0.1, 0.15) is 11.3 Å². The van der Waals surface area contributed by atoms with E-state index in [0.717, 1.165) is 39.1 Å². The molecule has 4 aromatic carbocycles. The molecule has 6 aromatic rings. The molecule has 0 aliphatic carbocycles. The molecule has 2 aromatic heterocycles. The fourth-order valence-corrected chi connectivity index (χ4v) is 3.80. The SMILES string of the molecule is Cc1cnc(-c2[c-]ccc(-c3ccccc3)c2)nc1C.[Ir].[c-]1cccc2ccc3cccnc3c12. The average molecular weight is 630 g/mol. The molecule has 0 saturated carbocycles. The second-order valence-corrected chi connectivity index (χ2v) is 8.09. The Kier molecular flexibility index (Phi) is 7.77. The van der Waals surface area contributed by atoms with Crippen LogP contribution in [0, 0.1) is 26.0 Å². The summed E-state index contributed by atoms with van der Waals surface area (Å²) in [5, 5.41) is 3.46. The Hall–Kier alpha value is -3.72. The van der Waals surface area contributed by atoms with Gasteiger partial charge in [0.05, 0.1) is 5.82 Å². The van der Waals surface area contributed by atoms with Gasteiger partial charge in [0.15, 0.2) is 0 Å². The molecular weight excluding hydrogens is 607 g/mol. The molecule has 173 valence electrons. The number of rotatable bonds is 2. The topological polar surface area (TPSA) is 38.7 Å². The van der Waals surface area contributed by atoms with E-state index in [0.29, 0.717) is 0 Å². The largest absolute Gasteiger partial charge is 0.304 e. The Morgan fingerprint density at radius 2 is 1.49 bits per heavy atom. The van der Waals surface area contributed by atoms with E-state index in [1.165, 1.54) is 16.3 Å². The summed E-state index contributed by atoms with van der Waals surface area (Å²) in [7, 11) is 0. The van der Waals surface area contributed by atoms with Crippen molar-refractivity contribution in [1.82, 2.24) is 15.0 Å². The number of hydrogen-bond donors (Lipinski definition) is 0. The summed E-state index contributed by atoms with van der Waals surface area (Å²) in [6.45, 7) is 4.02. The zero-order chi connectivity index (χ0) is 23.3. The van der Waals surface area contributed by atoms with Crippen molar-refractivity contribution in [2.75, 3.05) is 0 Å². The first-order valence-corrected chi connectivity index (χ1v) is 11.2. The van der Waals surface area contributed by atoms with Crippen molar-refractivity contribution in [2.24, 2.45) is 0 Å². The molecule has 0 fully saturated rings. The van der Waals surface area contributed by atoms with Gasteiger partial charge in [0.2, 0.25) is 0 Å². The molecule has 0 bridgehead atoms. The van der Waals surface area contributed by atoms with Gasteiger partial charge in [-0.3, -0.25) is 9.97 Å². The van der Waals surface area contributed by atoms with Gasteiger partial charge < -0.3 is 4.98 Å². The van der Waals surface area contributed by atoms with Gasteiger partial charge in [-0.05, 0) is 41.9 Å². The van der Waals surface area contributed by atoms with Crippen molar-refractivity contribution < 1.29 is 20.1 Å². The molecule has 0 unspecified atom stereocenters. The van der Waals surface area contributed by atoms with Gasteiger partial charge in [0.1, 0.15) is 0 Å². The number of benzene rings is 4. The predicted octanol–water partition coefficient (Wildman–Crippen LogP) is 7.41. The number of pyridine rings is 1. The first kappa shape index (κ1) is 24.4. The Balaban J connectivity index is 0.000000169. The minimum absolute atomic E-state index is 0. The van der Waals surface area contributed by atoms with Crippen molar-refractivity contribution in [2.45, 2.75) is 13.8 Å². The predicted molar refractivity (Wildman–Crippen MR) is 139 cm³/mol. The van der Waals surface area contributed by atoms with Gasteiger partial charge in [-0.15, -0.1) is 70.4 Å². The van der Waals surface area contributed by atoms with E-state index >= 15 is 0 Å². The third kappa shape index (κ3) is 5.51. The molecule has 2 heterocycles. The maximum Gasteiger partial charge on any atom is 0.0751 e. The Bertz CT molecular complexity index is 1520. The number of nitrogens with zero attached hydrogens (tertiary/aromatic N) is 3. The second-order valence-electron chi connectivity index (χ2n) is 8.09. The molecule has 3 nitrogen and oxygen atoms in total. The van der Waals surface area contributed by atoms with E-state index in [9.17, 15) is 0 Å². The Morgan fingerprint density at radius 3 is 2.31 bits per heavy atom. The molecule has 0 N–H and O–H groups in total. The summed E-state index contributed by atoms with van der Waals surface area (Å²) in [5.74, 6) is 0.728. The van der Waals surface area contributed by atoms with Crippen LogP contribution in [-0.2, 0) is 20.1 Å². The van der Waals surface area contributed by atoms with E-state index in [4.69, 9.17) is 0 Å². The summed E-state index contributed by atoms with van der Waals surface area (Å²) in [6.07, 6.45) is 3.68. The molecule has 1 radical (unpaired) electrons. The van der Waals surface area contributed by atoms with Gasteiger partial charge in [0, 0.05) is 38.2 Å². The number of fused-ring (bicyclic) bond motifs is 3. The number of hydrogen-bond acceptors (Lipinski definition) is 3. The van der Waals surface area contributed by atoms with E-state index in [1.807, 2.05) is 68.7 Å². The first-order chi connectivity index (χ1) is 16.7. The fraction of sp³-hybridized carbons (Fsp3) is 0.0645. The molecule has 0 amide bonds. The first-order valence-electron chi connectivity index (χ1n) is 11.2. The molecule has 35 heavy (non-hydrogen) atoms. The maximum atomic E-state index is 4.54. The minimum atomic E-state index is 0.